The third-order valence-electron chi connectivity index (χ3n) is 3.61. The second-order valence-corrected chi connectivity index (χ2v) is 7.54. The molecule has 0 bridgehead atoms. The Morgan fingerprint density at radius 3 is 2.48 bits per heavy atom. The highest BCUT2D eigenvalue weighted by Gasteiger charge is 2.32. The molecule has 0 fully saturated rings. The molecule has 0 saturated carbocycles. The molecule has 1 aromatic rings. The number of nitrogens with zero attached hydrogens (tertiary/aromatic N) is 1. The summed E-state index contributed by atoms with van der Waals surface area (Å²) in [5, 5.41) is 0. The van der Waals surface area contributed by atoms with E-state index in [2.05, 4.69) is 11.6 Å². The van der Waals surface area contributed by atoms with Crippen LogP contribution < -0.4 is 0 Å². The maximum Gasteiger partial charge on any atom is 0.416 e. The van der Waals surface area contributed by atoms with Crippen molar-refractivity contribution in [1.82, 2.24) is 0 Å². The van der Waals surface area contributed by atoms with E-state index >= 15 is 0 Å². The van der Waals surface area contributed by atoms with Gasteiger partial charge in [0.05, 0.1) is 27.3 Å². The Morgan fingerprint density at radius 2 is 2.04 bits per heavy atom. The van der Waals surface area contributed by atoms with Gasteiger partial charge in [0.1, 0.15) is 0 Å². The van der Waals surface area contributed by atoms with Crippen LogP contribution in [0.5, 0.6) is 0 Å². The van der Waals surface area contributed by atoms with Gasteiger partial charge in [0.15, 0.2) is 0 Å². The van der Waals surface area contributed by atoms with Crippen LogP contribution in [0.3, 0.4) is 0 Å². The highest BCUT2D eigenvalue weighted by atomic mass is 32.2. The van der Waals surface area contributed by atoms with Crippen LogP contribution in [0, 0.1) is 4.78 Å². The van der Waals surface area contributed by atoms with Gasteiger partial charge in [-0.05, 0) is 37.1 Å². The minimum absolute atomic E-state index is 0.110. The molecule has 1 unspecified atom stereocenters. The monoisotopic (exact) mass is 374 g/mol. The fraction of sp³-hybridized carbons (Fsp3) is 0.353. The van der Waals surface area contributed by atoms with E-state index in [1.807, 2.05) is 0 Å². The molecule has 0 aromatic heterocycles. The number of halogens is 3. The Bertz CT molecular complexity index is 823. The molecule has 0 radical (unpaired) electrons. The fourth-order valence-electron chi connectivity index (χ4n) is 2.13. The summed E-state index contributed by atoms with van der Waals surface area (Å²) in [6.07, 6.45) is -3.09. The molecular weight excluding hydrogens is 353 g/mol. The lowest BCUT2D eigenvalue weighted by molar-refractivity contribution is -0.137. The number of hydrogen-bond donors (Lipinski definition) is 1. The number of allylic oxidation sites excluding steroid dienone is 2. The van der Waals surface area contributed by atoms with Crippen LogP contribution >= 0.6 is 0 Å². The highest BCUT2D eigenvalue weighted by molar-refractivity contribution is 7.92. The molecule has 1 N–H and O–H groups in total. The molecule has 8 heteroatoms. The maximum atomic E-state index is 13.0. The van der Waals surface area contributed by atoms with Crippen molar-refractivity contribution in [3.05, 3.63) is 47.4 Å². The van der Waals surface area contributed by atoms with Gasteiger partial charge in [0.25, 0.3) is 0 Å². The molecule has 0 spiro atoms. The zero-order valence-corrected chi connectivity index (χ0v) is 15.3. The summed E-state index contributed by atoms with van der Waals surface area (Å²) >= 11 is 0. The summed E-state index contributed by atoms with van der Waals surface area (Å²) in [6.45, 7) is 8.70. The summed E-state index contributed by atoms with van der Waals surface area (Å²) < 4.78 is 64.7. The summed E-state index contributed by atoms with van der Waals surface area (Å²) in [5.74, 6) is 0.132. The minimum Gasteiger partial charge on any atom is -0.481 e. The van der Waals surface area contributed by atoms with Crippen LogP contribution in [0.2, 0.25) is 0 Å². The molecule has 0 heterocycles. The van der Waals surface area contributed by atoms with Gasteiger partial charge < -0.3 is 4.74 Å². The van der Waals surface area contributed by atoms with Crippen molar-refractivity contribution >= 4 is 21.5 Å². The molecule has 4 nitrogen and oxygen atoms in total. The van der Waals surface area contributed by atoms with Crippen molar-refractivity contribution in [2.45, 2.75) is 31.8 Å². The lowest BCUT2D eigenvalue weighted by atomic mass is 9.99. The van der Waals surface area contributed by atoms with Crippen LogP contribution in [-0.2, 0) is 20.6 Å². The molecule has 0 aliphatic heterocycles. The lowest BCUT2D eigenvalue weighted by Gasteiger charge is -2.17. The average molecular weight is 374 g/mol. The Labute approximate surface area is 146 Å². The molecule has 1 aromatic carbocycles. The quantitative estimate of drug-likeness (QED) is 0.427. The molecule has 1 atom stereocenters. The Hall–Kier alpha value is -2.09. The second kappa shape index (κ2) is 7.86. The first-order valence-electron chi connectivity index (χ1n) is 7.40. The highest BCUT2D eigenvalue weighted by Crippen LogP contribution is 2.36. The third kappa shape index (κ3) is 4.72. The Balaban J connectivity index is 3.68. The number of benzene rings is 1. The van der Waals surface area contributed by atoms with Crippen LogP contribution in [0.1, 0.15) is 31.9 Å². The van der Waals surface area contributed by atoms with E-state index < -0.39 is 21.5 Å². The van der Waals surface area contributed by atoms with Gasteiger partial charge in [-0.2, -0.15) is 13.2 Å². The third-order valence-corrected chi connectivity index (χ3v) is 5.47. The van der Waals surface area contributed by atoms with E-state index in [0.717, 1.165) is 12.1 Å². The van der Waals surface area contributed by atoms with E-state index in [4.69, 9.17) is 9.52 Å². The van der Waals surface area contributed by atoms with Crippen LogP contribution in [-0.4, -0.2) is 23.3 Å². The molecule has 0 saturated heterocycles. The predicted molar refractivity (Wildman–Crippen MR) is 94.0 cm³/mol. The number of nitrogens with one attached hydrogen (secondary N) is 1. The van der Waals surface area contributed by atoms with Gasteiger partial charge in [0.2, 0.25) is 5.88 Å². The lowest BCUT2D eigenvalue weighted by Crippen LogP contribution is -2.11. The number of rotatable bonds is 6. The fourth-order valence-corrected chi connectivity index (χ4v) is 3.30. The first-order valence-corrected chi connectivity index (χ1v) is 9.13. The molecule has 0 aliphatic carbocycles. The van der Waals surface area contributed by atoms with E-state index in [-0.39, 0.29) is 22.1 Å². The van der Waals surface area contributed by atoms with Gasteiger partial charge in [-0.15, -0.1) is 0 Å². The number of aliphatic imine (C=N–C) groups is 1. The molecule has 1 rings (SSSR count). The zero-order chi connectivity index (χ0) is 19.4. The van der Waals surface area contributed by atoms with Gasteiger partial charge in [0, 0.05) is 17.5 Å². The predicted octanol–water partition coefficient (Wildman–Crippen LogP) is 5.11. The Morgan fingerprint density at radius 1 is 1.44 bits per heavy atom. The maximum absolute atomic E-state index is 13.0. The van der Waals surface area contributed by atoms with Crippen molar-refractivity contribution in [2.75, 3.05) is 12.9 Å². The summed E-state index contributed by atoms with van der Waals surface area (Å²) in [7, 11) is -1.99. The van der Waals surface area contributed by atoms with E-state index in [9.17, 15) is 17.4 Å². The summed E-state index contributed by atoms with van der Waals surface area (Å²) in [4.78, 5) is 3.84. The first-order chi connectivity index (χ1) is 11.5. The van der Waals surface area contributed by atoms with Crippen LogP contribution in [0.4, 0.5) is 13.2 Å². The number of methoxy groups -OCH3 is 1. The molecule has 0 amide bonds. The largest absolute Gasteiger partial charge is 0.481 e. The van der Waals surface area contributed by atoms with Crippen molar-refractivity contribution in [3.8, 4) is 0 Å². The number of hydrogen-bond acceptors (Lipinski definition) is 4. The van der Waals surface area contributed by atoms with E-state index in [0.29, 0.717) is 11.1 Å². The van der Waals surface area contributed by atoms with Gasteiger partial charge >= 0.3 is 6.18 Å². The van der Waals surface area contributed by atoms with Crippen molar-refractivity contribution in [1.29, 1.82) is 4.78 Å². The van der Waals surface area contributed by atoms with Gasteiger partial charge in [-0.25, -0.2) is 14.0 Å². The SMILES string of the molecule is C=C(/C(C)=C(\N=C/C)OC)c1ccc(C(F)(F)F)cc1S(=N)(=O)CC. The van der Waals surface area contributed by atoms with Crippen molar-refractivity contribution in [3.63, 3.8) is 0 Å². The first kappa shape index (κ1) is 21.0. The van der Waals surface area contributed by atoms with Gasteiger partial charge in [-0.1, -0.05) is 19.6 Å². The smallest absolute Gasteiger partial charge is 0.416 e. The summed E-state index contributed by atoms with van der Waals surface area (Å²) in [6, 6.07) is 2.84. The van der Waals surface area contributed by atoms with Crippen LogP contribution in [0.15, 0.2) is 46.1 Å². The average Bonchev–Trinajstić information content (AvgIpc) is 2.57. The molecule has 0 aliphatic rings. The van der Waals surface area contributed by atoms with E-state index in [1.54, 1.807) is 13.8 Å². The number of alkyl halides is 3. The normalized spacial score (nSPS) is 15.6. The summed E-state index contributed by atoms with van der Waals surface area (Å²) in [5.41, 5.74) is 0.0494. The van der Waals surface area contributed by atoms with Crippen molar-refractivity contribution < 1.29 is 22.1 Å². The molecule has 25 heavy (non-hydrogen) atoms. The second-order valence-electron chi connectivity index (χ2n) is 5.17. The minimum atomic E-state index is -4.59. The topological polar surface area (TPSA) is 62.5 Å². The van der Waals surface area contributed by atoms with Crippen molar-refractivity contribution in [2.24, 2.45) is 4.99 Å². The molecular formula is C17H21F3N2O2S. The molecule has 138 valence electrons. The standard InChI is InChI=1S/C17H21F3N2O2S/c1-6-22-16(24-5)12(4)11(3)14-9-8-13(17(18,19)20)10-15(14)25(21,23)7-2/h6,8-10,21H,3,7H2,1-2,4-5H3/b16-12+,22-6-. The van der Waals surface area contributed by atoms with E-state index in [1.165, 1.54) is 26.3 Å². The zero-order valence-electron chi connectivity index (χ0n) is 14.5. The van der Waals surface area contributed by atoms with Crippen LogP contribution in [0.25, 0.3) is 5.57 Å². The van der Waals surface area contributed by atoms with Gasteiger partial charge in [-0.3, -0.25) is 0 Å². The number of ether oxygens (including phenoxy) is 1. The Kier molecular flexibility index (Phi) is 6.59.